The summed E-state index contributed by atoms with van der Waals surface area (Å²) in [5, 5.41) is 9.25. The molecule has 0 aliphatic heterocycles. The maximum Gasteiger partial charge on any atom is 0.407 e. The molecule has 0 spiro atoms. The highest BCUT2D eigenvalue weighted by Gasteiger charge is 2.15. The molecule has 0 bridgehead atoms. The van der Waals surface area contributed by atoms with E-state index in [0.717, 1.165) is 18.9 Å². The van der Waals surface area contributed by atoms with Gasteiger partial charge in [-0.2, -0.15) is 0 Å². The fraction of sp³-hybridized carbons (Fsp3) is 0.556. The maximum atomic E-state index is 11.5. The predicted octanol–water partition coefficient (Wildman–Crippen LogP) is 3.19. The average Bonchev–Trinajstić information content (AvgIpc) is 2.49. The zero-order chi connectivity index (χ0) is 18.0. The van der Waals surface area contributed by atoms with Crippen molar-refractivity contribution >= 4 is 36.0 Å². The average molecular weight is 462 g/mol. The van der Waals surface area contributed by atoms with Crippen molar-refractivity contribution in [3.63, 3.8) is 0 Å². The zero-order valence-electron chi connectivity index (χ0n) is 15.8. The van der Waals surface area contributed by atoms with Crippen molar-refractivity contribution < 1.29 is 9.53 Å². The number of ether oxygens (including phenoxy) is 1. The minimum Gasteiger partial charge on any atom is -0.444 e. The fourth-order valence-corrected chi connectivity index (χ4v) is 2.01. The van der Waals surface area contributed by atoms with E-state index in [2.05, 4.69) is 40.0 Å². The second-order valence-corrected chi connectivity index (χ2v) is 6.56. The van der Waals surface area contributed by atoms with E-state index in [0.29, 0.717) is 13.1 Å². The normalized spacial score (nSPS) is 11.3. The van der Waals surface area contributed by atoms with Crippen LogP contribution in [0.2, 0.25) is 0 Å². The minimum atomic E-state index is -0.468. The summed E-state index contributed by atoms with van der Waals surface area (Å²) in [6, 6.07) is 8.25. The lowest BCUT2D eigenvalue weighted by atomic mass is 10.1. The highest BCUT2D eigenvalue weighted by molar-refractivity contribution is 14.0. The lowest BCUT2D eigenvalue weighted by Crippen LogP contribution is -2.39. The van der Waals surface area contributed by atoms with Crippen LogP contribution in [-0.2, 0) is 11.3 Å². The van der Waals surface area contributed by atoms with Gasteiger partial charge >= 0.3 is 6.09 Å². The number of carbonyl (C=O) groups excluding carboxylic acids is 1. The Morgan fingerprint density at radius 3 is 2.36 bits per heavy atom. The number of hydrogen-bond acceptors (Lipinski definition) is 3. The molecule has 0 aromatic heterocycles. The molecule has 1 aromatic carbocycles. The van der Waals surface area contributed by atoms with Crippen LogP contribution in [-0.4, -0.2) is 37.8 Å². The number of nitrogens with one attached hydrogen (secondary N) is 3. The quantitative estimate of drug-likeness (QED) is 0.263. The van der Waals surface area contributed by atoms with E-state index < -0.39 is 5.60 Å². The van der Waals surface area contributed by atoms with Crippen LogP contribution in [0.15, 0.2) is 29.3 Å². The summed E-state index contributed by atoms with van der Waals surface area (Å²) >= 11 is 0. The number of amides is 1. The molecule has 0 unspecified atom stereocenters. The van der Waals surface area contributed by atoms with Crippen molar-refractivity contribution in [3.8, 4) is 0 Å². The van der Waals surface area contributed by atoms with Gasteiger partial charge in [0, 0.05) is 26.7 Å². The summed E-state index contributed by atoms with van der Waals surface area (Å²) in [4.78, 5) is 15.7. The van der Waals surface area contributed by atoms with Crippen molar-refractivity contribution in [1.29, 1.82) is 0 Å². The van der Waals surface area contributed by atoms with Gasteiger partial charge in [-0.3, -0.25) is 4.99 Å². The topological polar surface area (TPSA) is 74.8 Å². The molecule has 0 heterocycles. The summed E-state index contributed by atoms with van der Waals surface area (Å²) in [6.07, 6.45) is 0.397. The maximum absolute atomic E-state index is 11.5. The van der Waals surface area contributed by atoms with Crippen molar-refractivity contribution in [2.75, 3.05) is 20.1 Å². The molecule has 142 valence electrons. The van der Waals surface area contributed by atoms with Gasteiger partial charge in [0.05, 0.1) is 0 Å². The minimum absolute atomic E-state index is 0. The van der Waals surface area contributed by atoms with E-state index in [1.807, 2.05) is 32.9 Å². The van der Waals surface area contributed by atoms with Crippen molar-refractivity contribution in [2.24, 2.45) is 4.99 Å². The number of alkyl carbamates (subject to hydrolysis) is 1. The predicted molar refractivity (Wildman–Crippen MR) is 114 cm³/mol. The molecule has 1 aromatic rings. The van der Waals surface area contributed by atoms with Gasteiger partial charge in [-0.05, 0) is 45.2 Å². The summed E-state index contributed by atoms with van der Waals surface area (Å²) in [6.45, 7) is 9.62. The molecule has 0 fully saturated rings. The first-order valence-electron chi connectivity index (χ1n) is 8.27. The third-order valence-corrected chi connectivity index (χ3v) is 3.25. The molecule has 1 amide bonds. The summed E-state index contributed by atoms with van der Waals surface area (Å²) in [7, 11) is 1.74. The molecule has 7 heteroatoms. The van der Waals surface area contributed by atoms with Crippen molar-refractivity contribution in [1.82, 2.24) is 16.0 Å². The van der Waals surface area contributed by atoms with Crippen molar-refractivity contribution in [3.05, 3.63) is 35.4 Å². The van der Waals surface area contributed by atoms with Gasteiger partial charge < -0.3 is 20.7 Å². The van der Waals surface area contributed by atoms with Crippen LogP contribution < -0.4 is 16.0 Å². The summed E-state index contributed by atoms with van der Waals surface area (Å²) in [5.74, 6) is 0.746. The van der Waals surface area contributed by atoms with Crippen LogP contribution in [0.4, 0.5) is 4.79 Å². The number of rotatable bonds is 6. The second-order valence-electron chi connectivity index (χ2n) is 6.56. The Morgan fingerprint density at radius 2 is 1.76 bits per heavy atom. The van der Waals surface area contributed by atoms with Gasteiger partial charge in [0.1, 0.15) is 5.60 Å². The van der Waals surface area contributed by atoms with Gasteiger partial charge in [-0.15, -0.1) is 24.0 Å². The fourth-order valence-electron chi connectivity index (χ4n) is 2.01. The Balaban J connectivity index is 0.00000576. The lowest BCUT2D eigenvalue weighted by molar-refractivity contribution is 0.0527. The SMILES string of the molecule is CN=C(NCCCNC(=O)OC(C)(C)C)NCc1ccccc1C.I. The molecular weight excluding hydrogens is 431 g/mol. The largest absolute Gasteiger partial charge is 0.444 e. The highest BCUT2D eigenvalue weighted by Crippen LogP contribution is 2.06. The van der Waals surface area contributed by atoms with E-state index in [-0.39, 0.29) is 30.1 Å². The van der Waals surface area contributed by atoms with Crippen LogP contribution in [0.5, 0.6) is 0 Å². The van der Waals surface area contributed by atoms with Crippen LogP contribution in [0, 0.1) is 6.92 Å². The first-order chi connectivity index (χ1) is 11.3. The van der Waals surface area contributed by atoms with E-state index >= 15 is 0 Å². The monoisotopic (exact) mass is 462 g/mol. The van der Waals surface area contributed by atoms with Crippen LogP contribution in [0.25, 0.3) is 0 Å². The molecule has 0 atom stereocenters. The van der Waals surface area contributed by atoms with Gasteiger partial charge in [0.25, 0.3) is 0 Å². The first-order valence-corrected chi connectivity index (χ1v) is 8.27. The molecular formula is C18H31IN4O2. The smallest absolute Gasteiger partial charge is 0.407 e. The first kappa shape index (κ1) is 23.5. The van der Waals surface area contributed by atoms with E-state index in [4.69, 9.17) is 4.74 Å². The van der Waals surface area contributed by atoms with E-state index in [9.17, 15) is 4.79 Å². The Kier molecular flexibility index (Phi) is 11.2. The van der Waals surface area contributed by atoms with E-state index in [1.165, 1.54) is 11.1 Å². The Morgan fingerprint density at radius 1 is 1.12 bits per heavy atom. The summed E-state index contributed by atoms with van der Waals surface area (Å²) in [5.41, 5.74) is 2.03. The molecule has 0 radical (unpaired) electrons. The number of benzene rings is 1. The van der Waals surface area contributed by atoms with Crippen LogP contribution >= 0.6 is 24.0 Å². The van der Waals surface area contributed by atoms with E-state index in [1.54, 1.807) is 7.05 Å². The molecule has 3 N–H and O–H groups in total. The number of nitrogens with zero attached hydrogens (tertiary/aromatic N) is 1. The highest BCUT2D eigenvalue weighted by atomic mass is 127. The molecule has 0 saturated heterocycles. The molecule has 0 aliphatic carbocycles. The molecule has 0 saturated carbocycles. The number of carbonyl (C=O) groups is 1. The third kappa shape index (κ3) is 10.9. The van der Waals surface area contributed by atoms with Crippen molar-refractivity contribution in [2.45, 2.75) is 46.3 Å². The molecule has 0 aliphatic rings. The molecule has 6 nitrogen and oxygen atoms in total. The Hall–Kier alpha value is -1.51. The number of aliphatic imine (C=N–C) groups is 1. The van der Waals surface area contributed by atoms with Gasteiger partial charge in [-0.25, -0.2) is 4.79 Å². The molecule has 25 heavy (non-hydrogen) atoms. The zero-order valence-corrected chi connectivity index (χ0v) is 18.1. The Labute approximate surface area is 168 Å². The standard InChI is InChI=1S/C18H30N4O2.HI/c1-14-9-6-7-10-15(14)13-22-16(19-5)20-11-8-12-21-17(23)24-18(2,3)4;/h6-7,9-10H,8,11-13H2,1-5H3,(H,21,23)(H2,19,20,22);1H. The number of halogens is 1. The number of hydrogen-bond donors (Lipinski definition) is 3. The Bertz CT molecular complexity index is 556. The number of aryl methyl sites for hydroxylation is 1. The van der Waals surface area contributed by atoms with Gasteiger partial charge in [0.15, 0.2) is 5.96 Å². The van der Waals surface area contributed by atoms with Crippen LogP contribution in [0.1, 0.15) is 38.3 Å². The van der Waals surface area contributed by atoms with Gasteiger partial charge in [0.2, 0.25) is 0 Å². The van der Waals surface area contributed by atoms with Gasteiger partial charge in [-0.1, -0.05) is 24.3 Å². The lowest BCUT2D eigenvalue weighted by Gasteiger charge is -2.19. The second kappa shape index (κ2) is 11.9. The molecule has 1 rings (SSSR count). The number of guanidine groups is 1. The van der Waals surface area contributed by atoms with Crippen LogP contribution in [0.3, 0.4) is 0 Å². The summed E-state index contributed by atoms with van der Waals surface area (Å²) < 4.78 is 5.18. The third-order valence-electron chi connectivity index (χ3n) is 3.25.